The van der Waals surface area contributed by atoms with E-state index in [9.17, 15) is 23.7 Å². The van der Waals surface area contributed by atoms with Crippen LogP contribution in [-0.4, -0.2) is 52.1 Å². The molecule has 18 heteroatoms. The summed E-state index contributed by atoms with van der Waals surface area (Å²) in [6.07, 6.45) is 5.17. The lowest BCUT2D eigenvalue weighted by atomic mass is 10.1. The molecule has 0 radical (unpaired) electrons. The van der Waals surface area contributed by atoms with Gasteiger partial charge in [0, 0.05) is 17.0 Å². The van der Waals surface area contributed by atoms with E-state index in [1.54, 1.807) is 48.5 Å². The summed E-state index contributed by atoms with van der Waals surface area (Å²) >= 11 is 0. The van der Waals surface area contributed by atoms with E-state index in [1.807, 2.05) is 0 Å². The second-order valence-corrected chi connectivity index (χ2v) is 11.1. The first-order chi connectivity index (χ1) is 24.3. The molecule has 6 aromatic rings. The predicted octanol–water partition coefficient (Wildman–Crippen LogP) is 3.24. The molecule has 0 saturated carbocycles. The highest BCUT2D eigenvalue weighted by Gasteiger charge is 2.25. The number of H-pyrrole nitrogens is 2. The molecule has 0 aliphatic rings. The van der Waals surface area contributed by atoms with E-state index in [2.05, 4.69) is 51.0 Å². The molecule has 50 heavy (non-hydrogen) atoms. The second-order valence-electron chi connectivity index (χ2n) is 10.3. The Labute approximate surface area is 282 Å². The zero-order valence-corrected chi connectivity index (χ0v) is 26.5. The fourth-order valence-corrected chi connectivity index (χ4v) is 5.07. The van der Waals surface area contributed by atoms with E-state index < -0.39 is 31.2 Å². The Hall–Kier alpha value is -7.00. The van der Waals surface area contributed by atoms with Crippen LogP contribution in [-0.2, 0) is 27.0 Å². The van der Waals surface area contributed by atoms with Gasteiger partial charge in [-0.05, 0) is 59.7 Å². The molecule has 0 saturated heterocycles. The molecule has 0 atom stereocenters. The smallest absolute Gasteiger partial charge is 0.320 e. The summed E-state index contributed by atoms with van der Waals surface area (Å²) in [6.45, 7) is 0. The number of carbonyl (C=O) groups is 2. The SMILES string of the molecule is O=C(Cc1cccc(O[P+](=O)Oc2cccc(CC(=O)Nc3cnc(-c4cccnn4)[nH]c3=O)c2)c1)Nc1cnc(-c2cccnn2)[nH]c1=O. The van der Waals surface area contributed by atoms with Crippen LogP contribution in [0.2, 0.25) is 0 Å². The van der Waals surface area contributed by atoms with Crippen molar-refractivity contribution in [2.75, 3.05) is 10.6 Å². The van der Waals surface area contributed by atoms with Crippen LogP contribution in [0.15, 0.2) is 107 Å². The van der Waals surface area contributed by atoms with Crippen molar-refractivity contribution < 1.29 is 23.2 Å². The summed E-state index contributed by atoms with van der Waals surface area (Å²) < 4.78 is 23.6. The van der Waals surface area contributed by atoms with E-state index in [0.29, 0.717) is 22.5 Å². The highest BCUT2D eigenvalue weighted by Crippen LogP contribution is 2.31. The summed E-state index contributed by atoms with van der Waals surface area (Å²) in [5.74, 6) is -0.250. The van der Waals surface area contributed by atoms with E-state index >= 15 is 0 Å². The van der Waals surface area contributed by atoms with Crippen molar-refractivity contribution in [3.63, 3.8) is 0 Å². The Morgan fingerprint density at radius 3 is 1.52 bits per heavy atom. The van der Waals surface area contributed by atoms with Gasteiger partial charge in [0.1, 0.15) is 22.8 Å². The van der Waals surface area contributed by atoms with Crippen molar-refractivity contribution in [3.05, 3.63) is 129 Å². The molecule has 4 aromatic heterocycles. The summed E-state index contributed by atoms with van der Waals surface area (Å²) in [5.41, 5.74) is 0.517. The predicted molar refractivity (Wildman–Crippen MR) is 178 cm³/mol. The maximum absolute atomic E-state index is 12.7. The average molecular weight is 692 g/mol. The molecule has 0 bridgehead atoms. The van der Waals surface area contributed by atoms with Crippen LogP contribution in [0.3, 0.4) is 0 Å². The lowest BCUT2D eigenvalue weighted by Crippen LogP contribution is -2.22. The molecule has 0 aliphatic carbocycles. The third-order valence-electron chi connectivity index (χ3n) is 6.66. The van der Waals surface area contributed by atoms with Crippen molar-refractivity contribution in [2.45, 2.75) is 12.8 Å². The number of nitrogens with zero attached hydrogens (tertiary/aromatic N) is 6. The fourth-order valence-electron chi connectivity index (χ4n) is 4.46. The highest BCUT2D eigenvalue weighted by atomic mass is 31.1. The standard InChI is InChI=1S/C32H23N10O7P/c43-27(37-25-17-33-29(39-31(25)45)23-9-3-11-35-41-23)15-19-5-1-7-21(13-19)48-50(47)49-22-8-2-6-20(14-22)16-28(44)38-26-18-34-30(40-32(26)46)24-10-4-12-36-42-24/h1-14,17-18H,15-16H2,(H3-,33,34,35,36,37,38,39,40,41,42,43,44,45,46)/p+1. The highest BCUT2D eigenvalue weighted by molar-refractivity contribution is 7.34. The maximum Gasteiger partial charge on any atom is 0.805 e. The van der Waals surface area contributed by atoms with Crippen molar-refractivity contribution in [1.82, 2.24) is 40.3 Å². The minimum atomic E-state index is -2.71. The first-order valence-corrected chi connectivity index (χ1v) is 15.7. The monoisotopic (exact) mass is 691 g/mol. The first-order valence-electron chi connectivity index (χ1n) is 14.6. The Kier molecular flexibility index (Phi) is 10.1. The van der Waals surface area contributed by atoms with Crippen molar-refractivity contribution >= 4 is 31.4 Å². The Morgan fingerprint density at radius 1 is 0.660 bits per heavy atom. The van der Waals surface area contributed by atoms with Gasteiger partial charge in [0.25, 0.3) is 11.1 Å². The average Bonchev–Trinajstić information content (AvgIpc) is 3.11. The number of hydrogen-bond acceptors (Lipinski definition) is 13. The van der Waals surface area contributed by atoms with Gasteiger partial charge < -0.3 is 20.6 Å². The van der Waals surface area contributed by atoms with Gasteiger partial charge in [0.05, 0.1) is 25.2 Å². The Morgan fingerprint density at radius 2 is 1.12 bits per heavy atom. The molecule has 2 amide bonds. The molecular formula is C32H24N10O7P+. The molecule has 17 nitrogen and oxygen atoms in total. The molecule has 2 aromatic carbocycles. The van der Waals surface area contributed by atoms with Crippen LogP contribution >= 0.6 is 8.25 Å². The molecule has 4 N–H and O–H groups in total. The van der Waals surface area contributed by atoms with Gasteiger partial charge in [-0.25, -0.2) is 19.0 Å². The van der Waals surface area contributed by atoms with Crippen LogP contribution < -0.4 is 30.8 Å². The number of anilines is 2. The number of nitrogens with one attached hydrogen (secondary N) is 4. The van der Waals surface area contributed by atoms with Gasteiger partial charge in [0.2, 0.25) is 11.8 Å². The van der Waals surface area contributed by atoms with Crippen LogP contribution in [0.4, 0.5) is 11.4 Å². The summed E-state index contributed by atoms with van der Waals surface area (Å²) in [4.78, 5) is 63.6. The minimum Gasteiger partial charge on any atom is -0.320 e. The van der Waals surface area contributed by atoms with E-state index in [-0.39, 0.29) is 47.4 Å². The van der Waals surface area contributed by atoms with Crippen LogP contribution in [0.25, 0.3) is 23.0 Å². The molecule has 0 aliphatic heterocycles. The molecule has 0 fully saturated rings. The summed E-state index contributed by atoms with van der Waals surface area (Å²) in [7, 11) is -2.71. The lowest BCUT2D eigenvalue weighted by Gasteiger charge is -2.06. The van der Waals surface area contributed by atoms with Crippen LogP contribution in [0.5, 0.6) is 11.5 Å². The van der Waals surface area contributed by atoms with Crippen molar-refractivity contribution in [2.24, 2.45) is 0 Å². The first kappa shape index (κ1) is 32.9. The van der Waals surface area contributed by atoms with Crippen molar-refractivity contribution in [1.29, 1.82) is 0 Å². The van der Waals surface area contributed by atoms with E-state index in [0.717, 1.165) is 0 Å². The van der Waals surface area contributed by atoms with E-state index in [4.69, 9.17) is 9.05 Å². The third-order valence-corrected chi connectivity index (χ3v) is 7.38. The number of amides is 2. The molecule has 4 heterocycles. The molecule has 0 spiro atoms. The molecule has 248 valence electrons. The maximum atomic E-state index is 12.7. The number of rotatable bonds is 12. The Bertz CT molecular complexity index is 2140. The second kappa shape index (κ2) is 15.3. The number of carbonyl (C=O) groups excluding carboxylic acids is 2. The van der Waals surface area contributed by atoms with Crippen LogP contribution in [0, 0.1) is 0 Å². The van der Waals surface area contributed by atoms with Gasteiger partial charge in [-0.1, -0.05) is 24.3 Å². The zero-order valence-electron chi connectivity index (χ0n) is 25.6. The normalized spacial score (nSPS) is 10.6. The number of aromatic nitrogens is 8. The number of hydrogen-bond donors (Lipinski definition) is 4. The van der Waals surface area contributed by atoms with Crippen LogP contribution in [0.1, 0.15) is 11.1 Å². The summed E-state index contributed by atoms with van der Waals surface area (Å²) in [6, 6.07) is 19.2. The van der Waals surface area contributed by atoms with Crippen molar-refractivity contribution in [3.8, 4) is 34.5 Å². The van der Waals surface area contributed by atoms with Gasteiger partial charge in [-0.3, -0.25) is 19.2 Å². The van der Waals surface area contributed by atoms with E-state index in [1.165, 1.54) is 49.1 Å². The van der Waals surface area contributed by atoms with Gasteiger partial charge in [-0.15, -0.1) is 10.2 Å². The summed E-state index contributed by atoms with van der Waals surface area (Å²) in [5, 5.41) is 20.3. The Balaban J connectivity index is 1.01. The number of aromatic amines is 2. The lowest BCUT2D eigenvalue weighted by molar-refractivity contribution is -0.116. The molecule has 0 unspecified atom stereocenters. The minimum absolute atomic E-state index is 0.0508. The zero-order chi connectivity index (χ0) is 34.9. The quantitative estimate of drug-likeness (QED) is 0.135. The van der Waals surface area contributed by atoms with Gasteiger partial charge in [0.15, 0.2) is 23.1 Å². The fraction of sp³-hybridized carbons (Fsp3) is 0.0625. The molecule has 6 rings (SSSR count). The van der Waals surface area contributed by atoms with Gasteiger partial charge in [-0.2, -0.15) is 10.2 Å². The van der Waals surface area contributed by atoms with Gasteiger partial charge >= 0.3 is 8.25 Å². The number of benzene rings is 2. The largest absolute Gasteiger partial charge is 0.805 e. The third kappa shape index (κ3) is 8.67. The molecular weight excluding hydrogens is 667 g/mol. The topological polar surface area (TPSA) is 237 Å².